The summed E-state index contributed by atoms with van der Waals surface area (Å²) in [5, 5.41) is 0. The van der Waals surface area contributed by atoms with Crippen LogP contribution < -0.4 is 5.73 Å². The summed E-state index contributed by atoms with van der Waals surface area (Å²) >= 11 is 1.93. The molecule has 1 amide bonds. The van der Waals surface area contributed by atoms with Gasteiger partial charge in [-0.15, -0.1) is 0 Å². The number of nitrogens with two attached hydrogens (primary N) is 1. The number of amides is 1. The predicted molar refractivity (Wildman–Crippen MR) is 81.1 cm³/mol. The third-order valence-electron chi connectivity index (χ3n) is 3.58. The molecule has 1 aromatic carbocycles. The van der Waals surface area contributed by atoms with Crippen molar-refractivity contribution >= 4 is 17.7 Å². The zero-order valence-corrected chi connectivity index (χ0v) is 12.2. The zero-order chi connectivity index (χ0) is 13.7. The van der Waals surface area contributed by atoms with Gasteiger partial charge in [0.1, 0.15) is 0 Å². The molecule has 1 aliphatic rings. The van der Waals surface area contributed by atoms with Crippen LogP contribution >= 0.6 is 11.8 Å². The maximum Gasteiger partial charge on any atom is 0.222 e. The first kappa shape index (κ1) is 14.4. The van der Waals surface area contributed by atoms with Crippen LogP contribution in [0.4, 0.5) is 0 Å². The van der Waals surface area contributed by atoms with E-state index in [2.05, 4.69) is 6.92 Å². The van der Waals surface area contributed by atoms with Crippen molar-refractivity contribution in [1.82, 2.24) is 4.90 Å². The van der Waals surface area contributed by atoms with Crippen LogP contribution in [0.1, 0.15) is 31.4 Å². The van der Waals surface area contributed by atoms with Crippen LogP contribution in [0, 0.1) is 0 Å². The van der Waals surface area contributed by atoms with Crippen LogP contribution in [0.5, 0.6) is 0 Å². The lowest BCUT2D eigenvalue weighted by atomic mass is 10.0. The lowest BCUT2D eigenvalue weighted by molar-refractivity contribution is -0.132. The van der Waals surface area contributed by atoms with Gasteiger partial charge >= 0.3 is 0 Å². The van der Waals surface area contributed by atoms with E-state index in [0.29, 0.717) is 12.5 Å². The molecule has 3 nitrogen and oxygen atoms in total. The van der Waals surface area contributed by atoms with E-state index >= 15 is 0 Å². The molecule has 104 valence electrons. The van der Waals surface area contributed by atoms with Gasteiger partial charge in [-0.2, -0.15) is 11.8 Å². The lowest BCUT2D eigenvalue weighted by Crippen LogP contribution is -2.44. The van der Waals surface area contributed by atoms with Crippen molar-refractivity contribution in [1.29, 1.82) is 0 Å². The normalized spacial score (nSPS) is 21.2. The fourth-order valence-electron chi connectivity index (χ4n) is 2.39. The molecule has 1 aromatic rings. The van der Waals surface area contributed by atoms with Crippen molar-refractivity contribution in [3.63, 3.8) is 0 Å². The Morgan fingerprint density at radius 3 is 2.89 bits per heavy atom. The molecule has 0 aliphatic carbocycles. The highest BCUT2D eigenvalue weighted by molar-refractivity contribution is 7.99. The molecule has 1 fully saturated rings. The van der Waals surface area contributed by atoms with E-state index in [1.54, 1.807) is 0 Å². The van der Waals surface area contributed by atoms with Gasteiger partial charge in [0.15, 0.2) is 0 Å². The summed E-state index contributed by atoms with van der Waals surface area (Å²) in [4.78, 5) is 14.2. The summed E-state index contributed by atoms with van der Waals surface area (Å²) in [5.74, 6) is 2.36. The van der Waals surface area contributed by atoms with Crippen molar-refractivity contribution in [2.75, 3.05) is 18.1 Å². The number of hydrogen-bond acceptors (Lipinski definition) is 3. The molecule has 0 radical (unpaired) electrons. The Morgan fingerprint density at radius 2 is 2.21 bits per heavy atom. The van der Waals surface area contributed by atoms with Crippen LogP contribution in [0.2, 0.25) is 0 Å². The maximum atomic E-state index is 12.2. The summed E-state index contributed by atoms with van der Waals surface area (Å²) in [6.07, 6.45) is 1.27. The molecule has 0 aromatic heterocycles. The monoisotopic (exact) mass is 278 g/mol. The van der Waals surface area contributed by atoms with Gasteiger partial charge < -0.3 is 10.6 Å². The number of rotatable bonds is 4. The second-order valence-corrected chi connectivity index (χ2v) is 6.22. The van der Waals surface area contributed by atoms with E-state index in [1.165, 1.54) is 0 Å². The summed E-state index contributed by atoms with van der Waals surface area (Å²) < 4.78 is 0. The predicted octanol–water partition coefficient (Wildman–Crippen LogP) is 2.43. The molecule has 2 rings (SSSR count). The van der Waals surface area contributed by atoms with Crippen molar-refractivity contribution in [3.8, 4) is 0 Å². The van der Waals surface area contributed by atoms with E-state index in [0.717, 1.165) is 30.0 Å². The van der Waals surface area contributed by atoms with Crippen molar-refractivity contribution in [3.05, 3.63) is 35.9 Å². The summed E-state index contributed by atoms with van der Waals surface area (Å²) in [7, 11) is 0. The highest BCUT2D eigenvalue weighted by Gasteiger charge is 2.23. The Balaban J connectivity index is 1.83. The molecular formula is C15H22N2OS. The Kier molecular flexibility index (Phi) is 5.28. The summed E-state index contributed by atoms with van der Waals surface area (Å²) in [6, 6.07) is 10.3. The van der Waals surface area contributed by atoms with Crippen molar-refractivity contribution < 1.29 is 4.79 Å². The molecule has 0 saturated carbocycles. The largest absolute Gasteiger partial charge is 0.338 e. The number of benzene rings is 1. The first-order valence-electron chi connectivity index (χ1n) is 6.86. The molecule has 4 heteroatoms. The molecule has 2 N–H and O–H groups in total. The molecule has 19 heavy (non-hydrogen) atoms. The quantitative estimate of drug-likeness (QED) is 0.920. The van der Waals surface area contributed by atoms with Crippen molar-refractivity contribution in [2.24, 2.45) is 5.73 Å². The van der Waals surface area contributed by atoms with Crippen molar-refractivity contribution in [2.45, 2.75) is 31.8 Å². The van der Waals surface area contributed by atoms with E-state index in [4.69, 9.17) is 5.73 Å². The lowest BCUT2D eigenvalue weighted by Gasteiger charge is -2.33. The molecule has 2 atom stereocenters. The first-order valence-corrected chi connectivity index (χ1v) is 8.01. The topological polar surface area (TPSA) is 46.3 Å². The minimum Gasteiger partial charge on any atom is -0.338 e. The Hall–Kier alpha value is -1.00. The van der Waals surface area contributed by atoms with Crippen LogP contribution in [-0.4, -0.2) is 34.9 Å². The van der Waals surface area contributed by atoms with E-state index in [-0.39, 0.29) is 11.9 Å². The summed E-state index contributed by atoms with van der Waals surface area (Å²) in [5.41, 5.74) is 7.24. The van der Waals surface area contributed by atoms with Gasteiger partial charge in [0.25, 0.3) is 0 Å². The second kappa shape index (κ2) is 6.96. The highest BCUT2D eigenvalue weighted by Crippen LogP contribution is 2.20. The second-order valence-electron chi connectivity index (χ2n) is 5.07. The maximum absolute atomic E-state index is 12.2. The average Bonchev–Trinajstić information content (AvgIpc) is 2.46. The minimum absolute atomic E-state index is 0.0420. The van der Waals surface area contributed by atoms with Gasteiger partial charge in [-0.05, 0) is 18.9 Å². The van der Waals surface area contributed by atoms with E-state index < -0.39 is 0 Å². The molecule has 2 unspecified atom stereocenters. The molecule has 1 aliphatic heterocycles. The molecule has 0 bridgehead atoms. The smallest absolute Gasteiger partial charge is 0.222 e. The van der Waals surface area contributed by atoms with E-state index in [1.807, 2.05) is 47.0 Å². The number of carbonyl (C=O) groups excluding carboxylic acids is 1. The van der Waals surface area contributed by atoms with Crippen LogP contribution in [0.15, 0.2) is 30.3 Å². The fourth-order valence-corrected chi connectivity index (χ4v) is 3.40. The standard InChI is InChI=1S/C15H22N2OS/c1-12-11-19-10-9-17(12)15(18)8-7-14(16)13-5-3-2-4-6-13/h2-6,12,14H,7-11,16H2,1H3. The van der Waals surface area contributed by atoms with Gasteiger partial charge in [0, 0.05) is 36.6 Å². The minimum atomic E-state index is -0.0420. The zero-order valence-electron chi connectivity index (χ0n) is 11.4. The fraction of sp³-hybridized carbons (Fsp3) is 0.533. The number of hydrogen-bond donors (Lipinski definition) is 1. The molecule has 0 spiro atoms. The third kappa shape index (κ3) is 3.98. The summed E-state index contributed by atoms with van der Waals surface area (Å²) in [6.45, 7) is 3.01. The highest BCUT2D eigenvalue weighted by atomic mass is 32.2. The van der Waals surface area contributed by atoms with Gasteiger partial charge in [0.05, 0.1) is 0 Å². The Labute approximate surface area is 119 Å². The SMILES string of the molecule is CC1CSCCN1C(=O)CCC(N)c1ccccc1. The average molecular weight is 278 g/mol. The Morgan fingerprint density at radius 1 is 1.47 bits per heavy atom. The van der Waals surface area contributed by atoms with E-state index in [9.17, 15) is 4.79 Å². The van der Waals surface area contributed by atoms with Crippen LogP contribution in [0.25, 0.3) is 0 Å². The van der Waals surface area contributed by atoms with Gasteiger partial charge in [-0.25, -0.2) is 0 Å². The number of nitrogens with zero attached hydrogens (tertiary/aromatic N) is 1. The van der Waals surface area contributed by atoms with Gasteiger partial charge in [-0.3, -0.25) is 4.79 Å². The van der Waals surface area contributed by atoms with Gasteiger partial charge in [-0.1, -0.05) is 30.3 Å². The molecular weight excluding hydrogens is 256 g/mol. The number of thioether (sulfide) groups is 1. The Bertz CT molecular complexity index is 410. The number of carbonyl (C=O) groups is 1. The molecule has 1 saturated heterocycles. The van der Waals surface area contributed by atoms with Crippen LogP contribution in [0.3, 0.4) is 0 Å². The third-order valence-corrected chi connectivity index (χ3v) is 4.77. The molecule has 1 heterocycles. The van der Waals surface area contributed by atoms with Gasteiger partial charge in [0.2, 0.25) is 5.91 Å². The first-order chi connectivity index (χ1) is 9.18. The van der Waals surface area contributed by atoms with Crippen LogP contribution in [-0.2, 0) is 4.79 Å².